The van der Waals surface area contributed by atoms with Gasteiger partial charge in [-0.1, -0.05) is 24.3 Å². The molecule has 0 radical (unpaired) electrons. The maximum absolute atomic E-state index is 11.3. The molecule has 98 valence electrons. The van der Waals surface area contributed by atoms with Crippen molar-refractivity contribution in [3.63, 3.8) is 0 Å². The fourth-order valence-electron chi connectivity index (χ4n) is 2.26. The van der Waals surface area contributed by atoms with Crippen molar-refractivity contribution >= 4 is 5.97 Å². The summed E-state index contributed by atoms with van der Waals surface area (Å²) < 4.78 is 1.61. The van der Waals surface area contributed by atoms with Crippen molar-refractivity contribution in [2.24, 2.45) is 0 Å². The minimum Gasteiger partial charge on any atom is -0.477 e. The third-order valence-corrected chi connectivity index (χ3v) is 3.59. The number of aromatic carboxylic acids is 1. The Labute approximate surface area is 111 Å². The van der Waals surface area contributed by atoms with Gasteiger partial charge in [-0.3, -0.25) is 4.68 Å². The average Bonchev–Trinajstić information content (AvgIpc) is 3.14. The van der Waals surface area contributed by atoms with E-state index < -0.39 is 5.97 Å². The molecule has 1 saturated carbocycles. The number of hydrogen-bond acceptors (Lipinski definition) is 2. The molecule has 0 unspecified atom stereocenters. The normalized spacial score (nSPS) is 14.6. The molecular formula is C15H16N2O2. The molecule has 0 aliphatic heterocycles. The Morgan fingerprint density at radius 3 is 2.79 bits per heavy atom. The molecule has 19 heavy (non-hydrogen) atoms. The van der Waals surface area contributed by atoms with Crippen LogP contribution in [-0.4, -0.2) is 20.9 Å². The van der Waals surface area contributed by atoms with Crippen LogP contribution in [0, 0.1) is 6.92 Å². The van der Waals surface area contributed by atoms with Crippen molar-refractivity contribution < 1.29 is 9.90 Å². The molecular weight excluding hydrogens is 240 g/mol. The summed E-state index contributed by atoms with van der Waals surface area (Å²) in [5.74, 6) is -0.441. The highest BCUT2D eigenvalue weighted by Crippen LogP contribution is 2.39. The van der Waals surface area contributed by atoms with E-state index in [1.807, 2.05) is 31.2 Å². The minimum absolute atomic E-state index is 0.283. The van der Waals surface area contributed by atoms with E-state index in [-0.39, 0.29) is 5.69 Å². The number of hydrogen-bond donors (Lipinski definition) is 1. The first-order chi connectivity index (χ1) is 9.15. The lowest BCUT2D eigenvalue weighted by Gasteiger charge is -2.07. The number of carboxylic acid groups (broad SMARTS) is 1. The molecule has 0 atom stereocenters. The number of nitrogens with zero attached hydrogens (tertiary/aromatic N) is 2. The van der Waals surface area contributed by atoms with Gasteiger partial charge >= 0.3 is 5.97 Å². The number of carboxylic acids is 1. The first-order valence-corrected chi connectivity index (χ1v) is 6.50. The van der Waals surface area contributed by atoms with Gasteiger partial charge in [-0.25, -0.2) is 4.79 Å². The third-order valence-electron chi connectivity index (χ3n) is 3.59. The molecule has 1 aliphatic carbocycles. The standard InChI is InChI=1S/C15H16N2O2/c1-10-4-2-3-5-12(10)9-17-14(15(18)19)8-13(16-17)11-6-7-11/h2-5,8,11H,6-7,9H2,1H3,(H,18,19). The summed E-state index contributed by atoms with van der Waals surface area (Å²) in [5, 5.41) is 13.7. The maximum Gasteiger partial charge on any atom is 0.354 e. The van der Waals surface area contributed by atoms with Crippen LogP contribution in [0.5, 0.6) is 0 Å². The first kappa shape index (κ1) is 12.0. The second-order valence-electron chi connectivity index (χ2n) is 5.12. The van der Waals surface area contributed by atoms with Gasteiger partial charge in [0.25, 0.3) is 0 Å². The van der Waals surface area contributed by atoms with Gasteiger partial charge < -0.3 is 5.11 Å². The zero-order valence-electron chi connectivity index (χ0n) is 10.8. The fraction of sp³-hybridized carbons (Fsp3) is 0.333. The van der Waals surface area contributed by atoms with Gasteiger partial charge in [0, 0.05) is 5.92 Å². The number of aromatic nitrogens is 2. The van der Waals surface area contributed by atoms with Crippen molar-refractivity contribution in [2.75, 3.05) is 0 Å². The lowest BCUT2D eigenvalue weighted by Crippen LogP contribution is -2.11. The maximum atomic E-state index is 11.3. The largest absolute Gasteiger partial charge is 0.477 e. The minimum atomic E-state index is -0.909. The molecule has 3 rings (SSSR count). The summed E-state index contributed by atoms with van der Waals surface area (Å²) in [6.45, 7) is 2.54. The SMILES string of the molecule is Cc1ccccc1Cn1nc(C2CC2)cc1C(=O)O. The molecule has 0 spiro atoms. The van der Waals surface area contributed by atoms with Gasteiger partial charge in [0.05, 0.1) is 12.2 Å². The molecule has 1 aromatic heterocycles. The Balaban J connectivity index is 1.95. The number of aryl methyl sites for hydroxylation is 1. The van der Waals surface area contributed by atoms with E-state index in [1.54, 1.807) is 10.7 Å². The van der Waals surface area contributed by atoms with Gasteiger partial charge in [-0.05, 0) is 37.0 Å². The third kappa shape index (κ3) is 2.38. The van der Waals surface area contributed by atoms with Gasteiger partial charge in [0.1, 0.15) is 5.69 Å². The van der Waals surface area contributed by atoms with Crippen LogP contribution in [0.2, 0.25) is 0 Å². The Bertz CT molecular complexity index is 627. The van der Waals surface area contributed by atoms with Crippen molar-refractivity contribution in [1.29, 1.82) is 0 Å². The van der Waals surface area contributed by atoms with Crippen molar-refractivity contribution in [3.05, 3.63) is 52.8 Å². The van der Waals surface area contributed by atoms with Crippen LogP contribution in [0.1, 0.15) is 46.1 Å². The summed E-state index contributed by atoms with van der Waals surface area (Å²) in [5.41, 5.74) is 3.47. The Hall–Kier alpha value is -2.10. The van der Waals surface area contributed by atoms with E-state index in [4.69, 9.17) is 0 Å². The summed E-state index contributed by atoms with van der Waals surface area (Å²) in [6.07, 6.45) is 2.25. The topological polar surface area (TPSA) is 55.1 Å². The van der Waals surface area contributed by atoms with Crippen molar-refractivity contribution in [1.82, 2.24) is 9.78 Å². The zero-order chi connectivity index (χ0) is 13.4. The van der Waals surface area contributed by atoms with E-state index in [0.29, 0.717) is 12.5 Å². The predicted octanol–water partition coefficient (Wildman–Crippen LogP) is 2.82. The molecule has 4 heteroatoms. The van der Waals surface area contributed by atoms with Crippen LogP contribution >= 0.6 is 0 Å². The van der Waals surface area contributed by atoms with E-state index in [0.717, 1.165) is 29.7 Å². The Morgan fingerprint density at radius 1 is 1.42 bits per heavy atom. The molecule has 1 fully saturated rings. The van der Waals surface area contributed by atoms with Crippen LogP contribution in [0.25, 0.3) is 0 Å². The molecule has 0 saturated heterocycles. The molecule has 1 aromatic carbocycles. The van der Waals surface area contributed by atoms with Gasteiger partial charge in [-0.15, -0.1) is 0 Å². The molecule has 1 heterocycles. The molecule has 1 aliphatic rings. The quantitative estimate of drug-likeness (QED) is 0.915. The van der Waals surface area contributed by atoms with Crippen LogP contribution in [0.15, 0.2) is 30.3 Å². The highest BCUT2D eigenvalue weighted by atomic mass is 16.4. The second kappa shape index (κ2) is 4.53. The number of carbonyl (C=O) groups is 1. The van der Waals surface area contributed by atoms with Crippen LogP contribution in [0.4, 0.5) is 0 Å². The molecule has 4 nitrogen and oxygen atoms in total. The molecule has 2 aromatic rings. The number of benzene rings is 1. The number of rotatable bonds is 4. The Morgan fingerprint density at radius 2 is 2.16 bits per heavy atom. The predicted molar refractivity (Wildman–Crippen MR) is 71.4 cm³/mol. The Kier molecular flexibility index (Phi) is 2.85. The van der Waals surface area contributed by atoms with Gasteiger partial charge in [-0.2, -0.15) is 5.10 Å². The summed E-state index contributed by atoms with van der Waals surface area (Å²) in [6, 6.07) is 9.71. The smallest absolute Gasteiger partial charge is 0.354 e. The zero-order valence-corrected chi connectivity index (χ0v) is 10.8. The lowest BCUT2D eigenvalue weighted by molar-refractivity contribution is 0.0684. The summed E-state index contributed by atoms with van der Waals surface area (Å²) in [4.78, 5) is 11.3. The van der Waals surface area contributed by atoms with Gasteiger partial charge in [0.15, 0.2) is 0 Å². The summed E-state index contributed by atoms with van der Waals surface area (Å²) >= 11 is 0. The molecule has 1 N–H and O–H groups in total. The first-order valence-electron chi connectivity index (χ1n) is 6.50. The van der Waals surface area contributed by atoms with Crippen LogP contribution in [-0.2, 0) is 6.54 Å². The fourth-order valence-corrected chi connectivity index (χ4v) is 2.26. The second-order valence-corrected chi connectivity index (χ2v) is 5.12. The monoisotopic (exact) mass is 256 g/mol. The van der Waals surface area contributed by atoms with Gasteiger partial charge in [0.2, 0.25) is 0 Å². The highest BCUT2D eigenvalue weighted by Gasteiger charge is 2.28. The molecule has 0 amide bonds. The highest BCUT2D eigenvalue weighted by molar-refractivity contribution is 5.85. The summed E-state index contributed by atoms with van der Waals surface area (Å²) in [7, 11) is 0. The molecule has 0 bridgehead atoms. The van der Waals surface area contributed by atoms with E-state index in [2.05, 4.69) is 5.10 Å². The van der Waals surface area contributed by atoms with Crippen LogP contribution < -0.4 is 0 Å². The lowest BCUT2D eigenvalue weighted by atomic mass is 10.1. The average molecular weight is 256 g/mol. The van der Waals surface area contributed by atoms with E-state index in [1.165, 1.54) is 0 Å². The van der Waals surface area contributed by atoms with Crippen LogP contribution in [0.3, 0.4) is 0 Å². The van der Waals surface area contributed by atoms with Crippen molar-refractivity contribution in [3.8, 4) is 0 Å². The van der Waals surface area contributed by atoms with E-state index in [9.17, 15) is 9.90 Å². The van der Waals surface area contributed by atoms with Crippen molar-refractivity contribution in [2.45, 2.75) is 32.2 Å². The van der Waals surface area contributed by atoms with E-state index >= 15 is 0 Å².